The predicted octanol–water partition coefficient (Wildman–Crippen LogP) is 4.93. The molecular weight excluding hydrogens is 386 g/mol. The van der Waals surface area contributed by atoms with E-state index in [0.717, 1.165) is 44.4 Å². The van der Waals surface area contributed by atoms with Crippen molar-refractivity contribution < 1.29 is 0 Å². The van der Waals surface area contributed by atoms with E-state index in [1.807, 2.05) is 36.8 Å². The van der Waals surface area contributed by atoms with E-state index in [0.29, 0.717) is 11.5 Å². The van der Waals surface area contributed by atoms with Gasteiger partial charge < -0.3 is 4.98 Å². The van der Waals surface area contributed by atoms with Crippen LogP contribution in [0.5, 0.6) is 0 Å². The van der Waals surface area contributed by atoms with Crippen molar-refractivity contribution in [2.24, 2.45) is 0 Å². The molecule has 0 aliphatic rings. The number of pyridine rings is 3. The van der Waals surface area contributed by atoms with Crippen molar-refractivity contribution in [2.75, 3.05) is 0 Å². The lowest BCUT2D eigenvalue weighted by atomic mass is 10.0. The smallest absolute Gasteiger partial charge is 0.181 e. The number of nitrogens with zero attached hydrogens (tertiary/aromatic N) is 5. The van der Waals surface area contributed by atoms with Crippen molar-refractivity contribution in [3.05, 3.63) is 79.0 Å². The van der Waals surface area contributed by atoms with Gasteiger partial charge in [0.25, 0.3) is 0 Å². The van der Waals surface area contributed by atoms with Crippen LogP contribution in [0.2, 0.25) is 0 Å². The van der Waals surface area contributed by atoms with Gasteiger partial charge in [0, 0.05) is 41.5 Å². The number of H-pyrrole nitrogens is 2. The van der Waals surface area contributed by atoms with E-state index in [4.69, 9.17) is 4.98 Å². The fourth-order valence-electron chi connectivity index (χ4n) is 3.85. The lowest BCUT2D eigenvalue weighted by molar-refractivity contribution is 1.09. The van der Waals surface area contributed by atoms with Crippen LogP contribution < -0.4 is 0 Å². The molecule has 0 spiro atoms. The summed E-state index contributed by atoms with van der Waals surface area (Å²) in [6.45, 7) is 2.08. The maximum absolute atomic E-state index is 4.91. The molecule has 0 atom stereocenters. The van der Waals surface area contributed by atoms with Crippen LogP contribution in [0.25, 0.3) is 55.8 Å². The maximum Gasteiger partial charge on any atom is 0.181 e. The number of aromatic nitrogens is 7. The highest BCUT2D eigenvalue weighted by Crippen LogP contribution is 2.32. The van der Waals surface area contributed by atoms with Gasteiger partial charge in [0.1, 0.15) is 5.69 Å². The summed E-state index contributed by atoms with van der Waals surface area (Å²) < 4.78 is 0. The van der Waals surface area contributed by atoms with Gasteiger partial charge in [-0.15, -0.1) is 0 Å². The number of fused-ring (bicyclic) bond motifs is 2. The first kappa shape index (κ1) is 17.5. The quantitative estimate of drug-likeness (QED) is 0.437. The first-order valence-corrected chi connectivity index (χ1v) is 9.92. The van der Waals surface area contributed by atoms with Crippen LogP contribution in [-0.2, 0) is 0 Å². The van der Waals surface area contributed by atoms with Crippen LogP contribution in [0.4, 0.5) is 0 Å². The van der Waals surface area contributed by atoms with Crippen molar-refractivity contribution in [2.45, 2.75) is 6.92 Å². The van der Waals surface area contributed by atoms with E-state index in [2.05, 4.69) is 61.3 Å². The van der Waals surface area contributed by atoms with Crippen LogP contribution in [0, 0.1) is 6.92 Å². The first-order chi connectivity index (χ1) is 15.3. The zero-order valence-electron chi connectivity index (χ0n) is 16.7. The monoisotopic (exact) mass is 403 g/mol. The Kier molecular flexibility index (Phi) is 3.86. The number of rotatable bonds is 3. The molecule has 1 aromatic carbocycles. The van der Waals surface area contributed by atoms with Gasteiger partial charge in [0.15, 0.2) is 11.5 Å². The topological polar surface area (TPSA) is 96.0 Å². The van der Waals surface area contributed by atoms with E-state index >= 15 is 0 Å². The molecule has 31 heavy (non-hydrogen) atoms. The third-order valence-corrected chi connectivity index (χ3v) is 5.36. The predicted molar refractivity (Wildman–Crippen MR) is 120 cm³/mol. The summed E-state index contributed by atoms with van der Waals surface area (Å²) in [5.41, 5.74) is 8.41. The van der Waals surface area contributed by atoms with Crippen molar-refractivity contribution in [3.63, 3.8) is 0 Å². The summed E-state index contributed by atoms with van der Waals surface area (Å²) >= 11 is 0. The Morgan fingerprint density at radius 2 is 1.77 bits per heavy atom. The maximum atomic E-state index is 4.91. The van der Waals surface area contributed by atoms with E-state index in [-0.39, 0.29) is 0 Å². The molecule has 0 saturated heterocycles. The third kappa shape index (κ3) is 2.95. The highest BCUT2D eigenvalue weighted by atomic mass is 15.2. The average Bonchev–Trinajstić information content (AvgIpc) is 3.43. The summed E-state index contributed by atoms with van der Waals surface area (Å²) in [4.78, 5) is 21.4. The summed E-state index contributed by atoms with van der Waals surface area (Å²) in [5, 5.41) is 8.35. The Labute approximate surface area is 177 Å². The van der Waals surface area contributed by atoms with Gasteiger partial charge >= 0.3 is 0 Å². The van der Waals surface area contributed by atoms with Crippen LogP contribution >= 0.6 is 0 Å². The normalized spacial score (nSPS) is 11.4. The number of aryl methyl sites for hydroxylation is 1. The molecule has 0 unspecified atom stereocenters. The number of hydrogen-bond acceptors (Lipinski definition) is 5. The Hall–Kier alpha value is -4.39. The zero-order valence-corrected chi connectivity index (χ0v) is 16.7. The largest absolute Gasteiger partial charge is 0.335 e. The van der Waals surface area contributed by atoms with Gasteiger partial charge in [0.2, 0.25) is 0 Å². The highest BCUT2D eigenvalue weighted by Gasteiger charge is 2.16. The van der Waals surface area contributed by atoms with E-state index in [9.17, 15) is 0 Å². The van der Waals surface area contributed by atoms with Gasteiger partial charge in [-0.25, -0.2) is 9.97 Å². The van der Waals surface area contributed by atoms with E-state index in [1.165, 1.54) is 5.56 Å². The molecule has 0 aliphatic heterocycles. The molecule has 0 aliphatic carbocycles. The SMILES string of the molecule is Cc1cccc(-c2cncc3[nH]c(-c4[nH]nc5ncc(-c6cccnc6)cc45)nc23)c1. The molecule has 6 aromatic rings. The molecule has 7 nitrogen and oxygen atoms in total. The van der Waals surface area contributed by atoms with Gasteiger partial charge in [0.05, 0.1) is 22.6 Å². The Morgan fingerprint density at radius 3 is 2.65 bits per heavy atom. The second-order valence-electron chi connectivity index (χ2n) is 7.47. The minimum Gasteiger partial charge on any atom is -0.335 e. The Morgan fingerprint density at radius 1 is 0.839 bits per heavy atom. The number of nitrogens with one attached hydrogen (secondary N) is 2. The number of benzene rings is 1. The summed E-state index contributed by atoms with van der Waals surface area (Å²) in [7, 11) is 0. The number of imidazole rings is 1. The molecule has 5 aromatic heterocycles. The van der Waals surface area contributed by atoms with Gasteiger partial charge in [-0.2, -0.15) is 5.10 Å². The standard InChI is InChI=1S/C24H17N7/c1-14-4-2-5-15(8-14)19-12-26-13-20-21(19)29-24(28-20)22-18-9-17(11-27-23(18)31-30-22)16-6-3-7-25-10-16/h2-13H,1H3,(H,28,29)(H,27,30,31). The molecule has 2 N–H and O–H groups in total. The van der Waals surface area contributed by atoms with Crippen LogP contribution in [0.15, 0.2) is 73.4 Å². The molecule has 0 fully saturated rings. The lowest BCUT2D eigenvalue weighted by Crippen LogP contribution is -1.85. The molecule has 148 valence electrons. The van der Waals surface area contributed by atoms with Crippen molar-refractivity contribution in [1.82, 2.24) is 35.1 Å². The van der Waals surface area contributed by atoms with E-state index in [1.54, 1.807) is 12.4 Å². The van der Waals surface area contributed by atoms with Crippen LogP contribution in [-0.4, -0.2) is 35.1 Å². The van der Waals surface area contributed by atoms with Crippen molar-refractivity contribution in [1.29, 1.82) is 0 Å². The molecular formula is C24H17N7. The fraction of sp³-hybridized carbons (Fsp3) is 0.0417. The van der Waals surface area contributed by atoms with Crippen LogP contribution in [0.1, 0.15) is 5.56 Å². The van der Waals surface area contributed by atoms with E-state index < -0.39 is 0 Å². The zero-order chi connectivity index (χ0) is 20.8. The molecule has 7 heteroatoms. The summed E-state index contributed by atoms with van der Waals surface area (Å²) in [6, 6.07) is 14.3. The minimum absolute atomic E-state index is 0.639. The molecule has 0 bridgehead atoms. The van der Waals surface area contributed by atoms with Crippen molar-refractivity contribution in [3.8, 4) is 33.8 Å². The fourth-order valence-corrected chi connectivity index (χ4v) is 3.85. The summed E-state index contributed by atoms with van der Waals surface area (Å²) in [5.74, 6) is 0.699. The Bertz CT molecular complexity index is 1550. The summed E-state index contributed by atoms with van der Waals surface area (Å²) in [6.07, 6.45) is 9.04. The molecule has 5 heterocycles. The second-order valence-corrected chi connectivity index (χ2v) is 7.47. The molecule has 0 radical (unpaired) electrons. The van der Waals surface area contributed by atoms with Gasteiger partial charge in [-0.1, -0.05) is 35.9 Å². The highest BCUT2D eigenvalue weighted by molar-refractivity contribution is 5.96. The van der Waals surface area contributed by atoms with Gasteiger partial charge in [-0.3, -0.25) is 15.1 Å². The third-order valence-electron chi connectivity index (χ3n) is 5.36. The minimum atomic E-state index is 0.639. The lowest BCUT2D eigenvalue weighted by Gasteiger charge is -2.03. The molecule has 0 amide bonds. The average molecular weight is 403 g/mol. The molecule has 0 saturated carbocycles. The number of aromatic amines is 2. The molecule has 6 rings (SSSR count). The van der Waals surface area contributed by atoms with Gasteiger partial charge in [-0.05, 0) is 24.6 Å². The first-order valence-electron chi connectivity index (χ1n) is 9.92. The van der Waals surface area contributed by atoms with Crippen LogP contribution in [0.3, 0.4) is 0 Å². The number of hydrogen-bond donors (Lipinski definition) is 2. The Balaban J connectivity index is 1.52. The van der Waals surface area contributed by atoms with Crippen molar-refractivity contribution >= 4 is 22.1 Å². The second kappa shape index (κ2) is 6.84.